The second kappa shape index (κ2) is 6.31. The molecule has 8 heteroatoms. The van der Waals surface area contributed by atoms with Crippen LogP contribution in [-0.2, 0) is 6.42 Å². The minimum Gasteiger partial charge on any atom is -0.318 e. The molecule has 0 bridgehead atoms. The highest BCUT2D eigenvalue weighted by molar-refractivity contribution is 7.08. The van der Waals surface area contributed by atoms with Crippen molar-refractivity contribution in [2.75, 3.05) is 18.4 Å². The molecule has 0 aromatic carbocycles. The zero-order chi connectivity index (χ0) is 14.7. The Morgan fingerprint density at radius 2 is 2.33 bits per heavy atom. The van der Waals surface area contributed by atoms with Gasteiger partial charge in [0.05, 0.1) is 23.6 Å². The molecule has 3 heterocycles. The molecule has 0 unspecified atom stereocenters. The summed E-state index contributed by atoms with van der Waals surface area (Å²) in [6.07, 6.45) is 6.42. The summed E-state index contributed by atoms with van der Waals surface area (Å²) in [5.74, 6) is -0.160. The van der Waals surface area contributed by atoms with Crippen molar-refractivity contribution in [2.24, 2.45) is 0 Å². The van der Waals surface area contributed by atoms with Crippen molar-refractivity contribution in [1.82, 2.24) is 24.7 Å². The van der Waals surface area contributed by atoms with Crippen LogP contribution in [0, 0.1) is 0 Å². The third-order valence-corrected chi connectivity index (χ3v) is 4.41. The first-order chi connectivity index (χ1) is 10.3. The Hall–Kier alpha value is -1.80. The largest absolute Gasteiger partial charge is 0.318 e. The predicted molar refractivity (Wildman–Crippen MR) is 80.6 cm³/mol. The van der Waals surface area contributed by atoms with E-state index in [9.17, 15) is 4.79 Å². The van der Waals surface area contributed by atoms with Crippen molar-refractivity contribution in [3.8, 4) is 0 Å². The summed E-state index contributed by atoms with van der Waals surface area (Å²) < 4.78 is 5.78. The maximum Gasteiger partial charge on any atom is 0.269 e. The molecule has 2 N–H and O–H groups in total. The van der Waals surface area contributed by atoms with Crippen LogP contribution < -0.4 is 10.6 Å². The van der Waals surface area contributed by atoms with E-state index in [0.717, 1.165) is 43.2 Å². The minimum atomic E-state index is -0.160. The third kappa shape index (κ3) is 3.11. The quantitative estimate of drug-likeness (QED) is 0.893. The van der Waals surface area contributed by atoms with Gasteiger partial charge in [0.15, 0.2) is 0 Å². The molecule has 1 fully saturated rings. The summed E-state index contributed by atoms with van der Waals surface area (Å²) in [7, 11) is 0. The van der Waals surface area contributed by atoms with Crippen LogP contribution in [0.2, 0.25) is 0 Å². The number of aromatic nitrogens is 4. The zero-order valence-corrected chi connectivity index (χ0v) is 12.7. The van der Waals surface area contributed by atoms with Gasteiger partial charge in [-0.25, -0.2) is 0 Å². The lowest BCUT2D eigenvalue weighted by Crippen LogP contribution is -2.29. The molecule has 21 heavy (non-hydrogen) atoms. The van der Waals surface area contributed by atoms with Gasteiger partial charge in [-0.3, -0.25) is 9.48 Å². The number of anilines is 1. The number of hydrogen-bond donors (Lipinski definition) is 2. The summed E-state index contributed by atoms with van der Waals surface area (Å²) >= 11 is 1.13. The first-order valence-electron chi connectivity index (χ1n) is 7.15. The molecule has 2 aromatic rings. The molecular weight excluding hydrogens is 288 g/mol. The topological polar surface area (TPSA) is 84.7 Å². The van der Waals surface area contributed by atoms with E-state index in [2.05, 4.69) is 25.3 Å². The second-order valence-electron chi connectivity index (χ2n) is 5.05. The van der Waals surface area contributed by atoms with Gasteiger partial charge in [0, 0.05) is 6.20 Å². The third-order valence-electron chi connectivity index (χ3n) is 3.64. The first-order valence-corrected chi connectivity index (χ1v) is 7.92. The van der Waals surface area contributed by atoms with Crippen molar-refractivity contribution in [1.29, 1.82) is 0 Å². The summed E-state index contributed by atoms with van der Waals surface area (Å²) in [5, 5.41) is 14.5. The van der Waals surface area contributed by atoms with Crippen LogP contribution in [0.3, 0.4) is 0 Å². The molecule has 1 amide bonds. The van der Waals surface area contributed by atoms with Crippen molar-refractivity contribution >= 4 is 23.1 Å². The Labute approximate surface area is 126 Å². The highest BCUT2D eigenvalue weighted by Crippen LogP contribution is 2.20. The molecule has 1 aliphatic heterocycles. The van der Waals surface area contributed by atoms with Crippen LogP contribution >= 0.6 is 11.5 Å². The van der Waals surface area contributed by atoms with Crippen molar-refractivity contribution < 1.29 is 4.79 Å². The van der Waals surface area contributed by atoms with Gasteiger partial charge >= 0.3 is 0 Å². The molecule has 2 aromatic heterocycles. The fourth-order valence-corrected chi connectivity index (χ4v) is 3.12. The molecule has 3 rings (SSSR count). The number of aryl methyl sites for hydroxylation is 1. The Bertz CT molecular complexity index is 616. The normalized spacial score (nSPS) is 16.0. The van der Waals surface area contributed by atoms with E-state index < -0.39 is 0 Å². The Morgan fingerprint density at radius 1 is 1.52 bits per heavy atom. The molecule has 0 spiro atoms. The average molecular weight is 306 g/mol. The summed E-state index contributed by atoms with van der Waals surface area (Å²) in [4.78, 5) is 12.8. The van der Waals surface area contributed by atoms with E-state index in [1.807, 2.05) is 17.8 Å². The molecular formula is C13H18N6OS. The molecule has 1 aliphatic rings. The van der Waals surface area contributed by atoms with E-state index in [1.54, 1.807) is 6.20 Å². The van der Waals surface area contributed by atoms with Crippen molar-refractivity contribution in [3.05, 3.63) is 23.0 Å². The minimum absolute atomic E-state index is 0.160. The van der Waals surface area contributed by atoms with Gasteiger partial charge in [0.25, 0.3) is 5.91 Å². The van der Waals surface area contributed by atoms with Crippen LogP contribution in [0.4, 0.5) is 5.69 Å². The van der Waals surface area contributed by atoms with E-state index in [4.69, 9.17) is 0 Å². The van der Waals surface area contributed by atoms with Gasteiger partial charge in [-0.2, -0.15) is 5.10 Å². The van der Waals surface area contributed by atoms with Gasteiger partial charge in [0.1, 0.15) is 4.88 Å². The molecule has 0 aliphatic carbocycles. The highest BCUT2D eigenvalue weighted by Gasteiger charge is 2.18. The summed E-state index contributed by atoms with van der Waals surface area (Å²) in [6, 6.07) is 0.410. The molecule has 0 radical (unpaired) electrons. The maximum absolute atomic E-state index is 12.2. The van der Waals surface area contributed by atoms with E-state index in [0.29, 0.717) is 23.0 Å². The van der Waals surface area contributed by atoms with Gasteiger partial charge in [0.2, 0.25) is 0 Å². The number of piperidine rings is 1. The van der Waals surface area contributed by atoms with Gasteiger partial charge in [-0.05, 0) is 43.9 Å². The zero-order valence-electron chi connectivity index (χ0n) is 11.9. The van der Waals surface area contributed by atoms with Gasteiger partial charge in [-0.15, -0.1) is 5.10 Å². The number of carbonyl (C=O) groups excluding carboxylic acids is 1. The Morgan fingerprint density at radius 3 is 3.10 bits per heavy atom. The number of carbonyl (C=O) groups is 1. The highest BCUT2D eigenvalue weighted by atomic mass is 32.1. The van der Waals surface area contributed by atoms with Gasteiger partial charge in [-0.1, -0.05) is 11.4 Å². The van der Waals surface area contributed by atoms with Gasteiger partial charge < -0.3 is 10.6 Å². The van der Waals surface area contributed by atoms with Crippen LogP contribution in [0.25, 0.3) is 0 Å². The molecule has 7 nitrogen and oxygen atoms in total. The SMILES string of the molecule is CCc1nnsc1C(=O)Nc1cnn(C2CCNCC2)c1. The lowest BCUT2D eigenvalue weighted by atomic mass is 10.1. The summed E-state index contributed by atoms with van der Waals surface area (Å²) in [5.41, 5.74) is 1.46. The van der Waals surface area contributed by atoms with E-state index in [1.165, 1.54) is 0 Å². The smallest absolute Gasteiger partial charge is 0.269 e. The Kier molecular flexibility index (Phi) is 4.26. The van der Waals surface area contributed by atoms with Crippen LogP contribution in [-0.4, -0.2) is 38.4 Å². The molecule has 0 saturated carbocycles. The van der Waals surface area contributed by atoms with Crippen LogP contribution in [0.1, 0.15) is 41.2 Å². The summed E-state index contributed by atoms with van der Waals surface area (Å²) in [6.45, 7) is 3.99. The van der Waals surface area contributed by atoms with E-state index >= 15 is 0 Å². The standard InChI is InChI=1S/C13H18N6OS/c1-2-11-12(21-18-17-11)13(20)16-9-7-15-19(8-9)10-3-5-14-6-4-10/h7-8,10,14H,2-6H2,1H3,(H,16,20). The second-order valence-corrected chi connectivity index (χ2v) is 5.80. The number of amides is 1. The fraction of sp³-hybridized carbons (Fsp3) is 0.538. The number of nitrogens with zero attached hydrogens (tertiary/aromatic N) is 4. The monoisotopic (exact) mass is 306 g/mol. The average Bonchev–Trinajstić information content (AvgIpc) is 3.16. The predicted octanol–water partition coefficient (Wildman–Crippen LogP) is 1.47. The van der Waals surface area contributed by atoms with Crippen molar-refractivity contribution in [3.63, 3.8) is 0 Å². The van der Waals surface area contributed by atoms with Crippen LogP contribution in [0.15, 0.2) is 12.4 Å². The molecule has 112 valence electrons. The van der Waals surface area contributed by atoms with Crippen LogP contribution in [0.5, 0.6) is 0 Å². The lowest BCUT2D eigenvalue weighted by molar-refractivity contribution is 0.102. The molecule has 1 saturated heterocycles. The fourth-order valence-electron chi connectivity index (χ4n) is 2.47. The number of hydrogen-bond acceptors (Lipinski definition) is 6. The first kappa shape index (κ1) is 14.2. The van der Waals surface area contributed by atoms with E-state index in [-0.39, 0.29) is 5.91 Å². The number of rotatable bonds is 4. The number of nitrogens with one attached hydrogen (secondary N) is 2. The van der Waals surface area contributed by atoms with Crippen molar-refractivity contribution in [2.45, 2.75) is 32.2 Å². The maximum atomic E-state index is 12.2. The Balaban J connectivity index is 1.68. The lowest BCUT2D eigenvalue weighted by Gasteiger charge is -2.22. The molecule has 0 atom stereocenters.